The number of aromatic nitrogens is 4. The average Bonchev–Trinajstić information content (AvgIpc) is 3.41. The minimum Gasteiger partial charge on any atom is -0.334 e. The maximum absolute atomic E-state index is 12.3. The Morgan fingerprint density at radius 1 is 1.07 bits per heavy atom. The van der Waals surface area contributed by atoms with Gasteiger partial charge in [0.15, 0.2) is 5.82 Å². The van der Waals surface area contributed by atoms with Crippen LogP contribution in [0.4, 0.5) is 10.5 Å². The van der Waals surface area contributed by atoms with Crippen molar-refractivity contribution < 1.29 is 4.79 Å². The Morgan fingerprint density at radius 2 is 2.04 bits per heavy atom. The fourth-order valence-corrected chi connectivity index (χ4v) is 3.25. The van der Waals surface area contributed by atoms with Crippen LogP contribution in [0.15, 0.2) is 72.6 Å². The second kappa shape index (κ2) is 7.79. The van der Waals surface area contributed by atoms with Gasteiger partial charge in [-0.3, -0.25) is 0 Å². The SMILES string of the molecule is O=C(NCc1cccnc1-n1cccn1)Nc1cccc(-c2nccs2)c1. The minimum absolute atomic E-state index is 0.290. The Bertz CT molecular complexity index is 1030. The van der Waals surface area contributed by atoms with Crippen LogP contribution >= 0.6 is 11.3 Å². The lowest BCUT2D eigenvalue weighted by Crippen LogP contribution is -2.28. The van der Waals surface area contributed by atoms with Gasteiger partial charge in [0, 0.05) is 53.5 Å². The molecular formula is C19H16N6OS. The zero-order valence-electron chi connectivity index (χ0n) is 14.2. The molecule has 3 aromatic heterocycles. The summed E-state index contributed by atoms with van der Waals surface area (Å²) in [6.45, 7) is 0.334. The van der Waals surface area contributed by atoms with Crippen molar-refractivity contribution in [3.63, 3.8) is 0 Å². The summed E-state index contributed by atoms with van der Waals surface area (Å²) < 4.78 is 1.67. The molecule has 0 fully saturated rings. The number of hydrogen-bond donors (Lipinski definition) is 2. The highest BCUT2D eigenvalue weighted by molar-refractivity contribution is 7.13. The Labute approximate surface area is 159 Å². The zero-order valence-corrected chi connectivity index (χ0v) is 15.1. The Morgan fingerprint density at radius 3 is 2.85 bits per heavy atom. The highest BCUT2D eigenvalue weighted by Gasteiger charge is 2.09. The molecule has 2 amide bonds. The van der Waals surface area contributed by atoms with Crippen molar-refractivity contribution in [1.82, 2.24) is 25.1 Å². The smallest absolute Gasteiger partial charge is 0.319 e. The number of nitrogens with one attached hydrogen (secondary N) is 2. The summed E-state index contributed by atoms with van der Waals surface area (Å²) in [5, 5.41) is 12.7. The van der Waals surface area contributed by atoms with Crippen LogP contribution in [-0.4, -0.2) is 25.8 Å². The molecule has 1 aromatic carbocycles. The topological polar surface area (TPSA) is 84.7 Å². The van der Waals surface area contributed by atoms with E-state index in [1.165, 1.54) is 0 Å². The van der Waals surface area contributed by atoms with Crippen LogP contribution in [0.2, 0.25) is 0 Å². The summed E-state index contributed by atoms with van der Waals surface area (Å²) in [6.07, 6.45) is 6.96. The summed E-state index contributed by atoms with van der Waals surface area (Å²) in [6, 6.07) is 12.9. The monoisotopic (exact) mass is 376 g/mol. The van der Waals surface area contributed by atoms with Crippen LogP contribution in [-0.2, 0) is 6.54 Å². The largest absolute Gasteiger partial charge is 0.334 e. The molecule has 0 spiro atoms. The van der Waals surface area contributed by atoms with Gasteiger partial charge in [-0.25, -0.2) is 19.4 Å². The first-order valence-electron chi connectivity index (χ1n) is 8.28. The van der Waals surface area contributed by atoms with Crippen molar-refractivity contribution in [2.24, 2.45) is 0 Å². The number of hydrogen-bond acceptors (Lipinski definition) is 5. The third-order valence-electron chi connectivity index (χ3n) is 3.83. The molecule has 0 bridgehead atoms. The number of thiazole rings is 1. The number of nitrogens with zero attached hydrogens (tertiary/aromatic N) is 4. The summed E-state index contributed by atoms with van der Waals surface area (Å²) >= 11 is 1.56. The second-order valence-electron chi connectivity index (χ2n) is 5.66. The molecule has 0 unspecified atom stereocenters. The highest BCUT2D eigenvalue weighted by atomic mass is 32.1. The van der Waals surface area contributed by atoms with Crippen LogP contribution < -0.4 is 10.6 Å². The molecule has 27 heavy (non-hydrogen) atoms. The number of carbonyl (C=O) groups excluding carboxylic acids is 1. The first kappa shape index (κ1) is 16.9. The van der Waals surface area contributed by atoms with Crippen molar-refractivity contribution in [2.45, 2.75) is 6.54 Å². The third-order valence-corrected chi connectivity index (χ3v) is 4.65. The van der Waals surface area contributed by atoms with Gasteiger partial charge < -0.3 is 10.6 Å². The molecule has 0 aliphatic carbocycles. The van der Waals surface area contributed by atoms with E-state index in [1.54, 1.807) is 34.6 Å². The fourth-order valence-electron chi connectivity index (χ4n) is 2.62. The normalized spacial score (nSPS) is 10.5. The molecule has 4 aromatic rings. The van der Waals surface area contributed by atoms with E-state index < -0.39 is 0 Å². The van der Waals surface area contributed by atoms with E-state index in [-0.39, 0.29) is 6.03 Å². The van der Waals surface area contributed by atoms with Gasteiger partial charge in [-0.1, -0.05) is 18.2 Å². The molecule has 0 aliphatic rings. The van der Waals surface area contributed by atoms with Gasteiger partial charge in [-0.2, -0.15) is 5.10 Å². The summed E-state index contributed by atoms with van der Waals surface area (Å²) in [4.78, 5) is 20.9. The molecule has 0 saturated heterocycles. The Kier molecular flexibility index (Phi) is 4.88. The summed E-state index contributed by atoms with van der Waals surface area (Å²) in [5.41, 5.74) is 2.54. The first-order chi connectivity index (χ1) is 13.3. The average molecular weight is 376 g/mol. The van der Waals surface area contributed by atoms with Gasteiger partial charge in [0.05, 0.1) is 0 Å². The number of carbonyl (C=O) groups is 1. The van der Waals surface area contributed by atoms with Crippen molar-refractivity contribution >= 4 is 23.1 Å². The van der Waals surface area contributed by atoms with E-state index >= 15 is 0 Å². The quantitative estimate of drug-likeness (QED) is 0.556. The maximum Gasteiger partial charge on any atom is 0.319 e. The third kappa shape index (κ3) is 4.01. The second-order valence-corrected chi connectivity index (χ2v) is 6.56. The van der Waals surface area contributed by atoms with Gasteiger partial charge in [0.1, 0.15) is 5.01 Å². The predicted molar refractivity (Wildman–Crippen MR) is 105 cm³/mol. The van der Waals surface area contributed by atoms with Crippen molar-refractivity contribution in [1.29, 1.82) is 0 Å². The maximum atomic E-state index is 12.3. The molecule has 0 saturated carbocycles. The zero-order chi connectivity index (χ0) is 18.5. The molecule has 0 atom stereocenters. The van der Waals surface area contributed by atoms with Crippen molar-refractivity contribution in [2.75, 3.05) is 5.32 Å². The number of urea groups is 1. The lowest BCUT2D eigenvalue weighted by molar-refractivity contribution is 0.251. The molecular weight excluding hydrogens is 360 g/mol. The van der Waals surface area contributed by atoms with E-state index in [0.717, 1.165) is 16.1 Å². The lowest BCUT2D eigenvalue weighted by Gasteiger charge is -2.11. The number of pyridine rings is 1. The van der Waals surface area contributed by atoms with Crippen LogP contribution in [0.5, 0.6) is 0 Å². The van der Waals surface area contributed by atoms with Crippen LogP contribution in [0.3, 0.4) is 0 Å². The number of anilines is 1. The highest BCUT2D eigenvalue weighted by Crippen LogP contribution is 2.24. The number of amides is 2. The lowest BCUT2D eigenvalue weighted by atomic mass is 10.2. The molecule has 0 radical (unpaired) electrons. The number of benzene rings is 1. The van der Waals surface area contributed by atoms with E-state index in [2.05, 4.69) is 25.7 Å². The van der Waals surface area contributed by atoms with Crippen LogP contribution in [0, 0.1) is 0 Å². The van der Waals surface area contributed by atoms with Crippen molar-refractivity contribution in [3.8, 4) is 16.4 Å². The van der Waals surface area contributed by atoms with Crippen molar-refractivity contribution in [3.05, 3.63) is 78.2 Å². The van der Waals surface area contributed by atoms with E-state index in [9.17, 15) is 4.79 Å². The van der Waals surface area contributed by atoms with E-state index in [1.807, 2.05) is 54.0 Å². The Balaban J connectivity index is 1.42. The van der Waals surface area contributed by atoms with Crippen LogP contribution in [0.1, 0.15) is 5.56 Å². The molecule has 8 heteroatoms. The fraction of sp³-hybridized carbons (Fsp3) is 0.0526. The van der Waals surface area contributed by atoms with E-state index in [0.29, 0.717) is 18.1 Å². The van der Waals surface area contributed by atoms with Gasteiger partial charge in [-0.05, 0) is 24.3 Å². The minimum atomic E-state index is -0.290. The summed E-state index contributed by atoms with van der Waals surface area (Å²) in [5.74, 6) is 0.688. The number of rotatable bonds is 5. The van der Waals surface area contributed by atoms with Gasteiger partial charge in [-0.15, -0.1) is 11.3 Å². The molecule has 0 aliphatic heterocycles. The van der Waals surface area contributed by atoms with Gasteiger partial charge >= 0.3 is 6.03 Å². The molecule has 2 N–H and O–H groups in total. The van der Waals surface area contributed by atoms with E-state index in [4.69, 9.17) is 0 Å². The summed E-state index contributed by atoms with van der Waals surface area (Å²) in [7, 11) is 0. The molecule has 4 rings (SSSR count). The van der Waals surface area contributed by atoms with Gasteiger partial charge in [0.25, 0.3) is 0 Å². The first-order valence-corrected chi connectivity index (χ1v) is 9.16. The molecule has 134 valence electrons. The predicted octanol–water partition coefficient (Wildman–Crippen LogP) is 3.71. The standard InChI is InChI=1S/C19H16N6OS/c26-19(24-16-6-1-4-14(12-16)18-21-9-11-27-18)22-13-15-5-2-7-20-17(15)25-10-3-8-23-25/h1-12H,13H2,(H2,22,24,26). The van der Waals surface area contributed by atoms with Gasteiger partial charge in [0.2, 0.25) is 0 Å². The molecule has 7 nitrogen and oxygen atoms in total. The molecule has 3 heterocycles. The van der Waals surface area contributed by atoms with Crippen LogP contribution in [0.25, 0.3) is 16.4 Å². The Hall–Kier alpha value is -3.52.